The third kappa shape index (κ3) is 4.49. The van der Waals surface area contributed by atoms with Gasteiger partial charge in [-0.05, 0) is 40.8 Å². The minimum atomic E-state index is -1.22. The number of hydrogen-bond donors (Lipinski definition) is 3. The Morgan fingerprint density at radius 1 is 0.969 bits per heavy atom. The number of aliphatic carboxylic acids is 1. The second kappa shape index (κ2) is 9.38. The van der Waals surface area contributed by atoms with Gasteiger partial charge in [-0.2, -0.15) is 0 Å². The van der Waals surface area contributed by atoms with Crippen molar-refractivity contribution >= 4 is 18.0 Å². The number of benzene rings is 2. The van der Waals surface area contributed by atoms with Gasteiger partial charge in [0.2, 0.25) is 0 Å². The van der Waals surface area contributed by atoms with Crippen LogP contribution in [0.3, 0.4) is 0 Å². The quantitative estimate of drug-likeness (QED) is 0.500. The van der Waals surface area contributed by atoms with Crippen LogP contribution in [0.25, 0.3) is 11.1 Å². The van der Waals surface area contributed by atoms with Crippen molar-refractivity contribution in [2.75, 3.05) is 13.2 Å². The SMILES string of the molecule is O=C(N[C@@H](CCNC(=O)c1ccco1)C(=O)O)OCC1c2ccccc2-c2ccccc21. The Kier molecular flexibility index (Phi) is 6.21. The lowest BCUT2D eigenvalue weighted by Crippen LogP contribution is -2.43. The van der Waals surface area contributed by atoms with E-state index in [4.69, 9.17) is 9.15 Å². The van der Waals surface area contributed by atoms with Crippen molar-refractivity contribution < 1.29 is 28.6 Å². The molecule has 32 heavy (non-hydrogen) atoms. The normalized spacial score (nSPS) is 13.0. The fourth-order valence-electron chi connectivity index (χ4n) is 3.86. The summed E-state index contributed by atoms with van der Waals surface area (Å²) in [5.74, 6) is -1.67. The number of carboxylic acid groups (broad SMARTS) is 1. The zero-order valence-electron chi connectivity index (χ0n) is 17.1. The van der Waals surface area contributed by atoms with Crippen LogP contribution in [0.4, 0.5) is 4.79 Å². The van der Waals surface area contributed by atoms with Gasteiger partial charge in [-0.15, -0.1) is 0 Å². The number of carboxylic acids is 1. The molecule has 0 aliphatic heterocycles. The first-order valence-electron chi connectivity index (χ1n) is 10.2. The summed E-state index contributed by atoms with van der Waals surface area (Å²) in [6.45, 7) is 0.127. The summed E-state index contributed by atoms with van der Waals surface area (Å²) in [7, 11) is 0. The minimum Gasteiger partial charge on any atom is -0.480 e. The molecule has 2 aromatic carbocycles. The van der Waals surface area contributed by atoms with Crippen molar-refractivity contribution in [3.8, 4) is 11.1 Å². The van der Waals surface area contributed by atoms with Gasteiger partial charge >= 0.3 is 12.1 Å². The van der Waals surface area contributed by atoms with Crippen LogP contribution >= 0.6 is 0 Å². The molecular formula is C24H22N2O6. The van der Waals surface area contributed by atoms with Crippen LogP contribution in [0.5, 0.6) is 0 Å². The van der Waals surface area contributed by atoms with Crippen molar-refractivity contribution in [2.24, 2.45) is 0 Å². The van der Waals surface area contributed by atoms with Crippen molar-refractivity contribution in [3.63, 3.8) is 0 Å². The maximum atomic E-state index is 12.3. The lowest BCUT2D eigenvalue weighted by atomic mass is 9.98. The lowest BCUT2D eigenvalue weighted by molar-refractivity contribution is -0.139. The van der Waals surface area contributed by atoms with Crippen molar-refractivity contribution in [3.05, 3.63) is 83.8 Å². The van der Waals surface area contributed by atoms with Crippen LogP contribution in [-0.4, -0.2) is 42.3 Å². The number of fused-ring (bicyclic) bond motifs is 3. The third-order valence-corrected chi connectivity index (χ3v) is 5.40. The molecule has 2 amide bonds. The molecule has 4 rings (SSSR count). The summed E-state index contributed by atoms with van der Waals surface area (Å²) < 4.78 is 10.4. The fraction of sp³-hybridized carbons (Fsp3) is 0.208. The molecule has 0 bridgehead atoms. The molecule has 0 fully saturated rings. The highest BCUT2D eigenvalue weighted by Crippen LogP contribution is 2.44. The average molecular weight is 434 g/mol. The van der Waals surface area contributed by atoms with Gasteiger partial charge in [-0.25, -0.2) is 9.59 Å². The molecule has 0 saturated heterocycles. The predicted octanol–water partition coefficient (Wildman–Crippen LogP) is 3.39. The summed E-state index contributed by atoms with van der Waals surface area (Å²) in [5, 5.41) is 14.3. The number of furan rings is 1. The number of nitrogens with one attached hydrogen (secondary N) is 2. The number of ether oxygens (including phenoxy) is 1. The molecule has 1 aliphatic rings. The molecule has 3 N–H and O–H groups in total. The van der Waals surface area contributed by atoms with E-state index < -0.39 is 24.0 Å². The Hall–Kier alpha value is -4.07. The van der Waals surface area contributed by atoms with E-state index in [-0.39, 0.29) is 31.3 Å². The first-order chi connectivity index (χ1) is 15.5. The number of carbonyl (C=O) groups excluding carboxylic acids is 2. The number of alkyl carbamates (subject to hydrolysis) is 1. The largest absolute Gasteiger partial charge is 0.480 e. The molecule has 1 heterocycles. The van der Waals surface area contributed by atoms with Gasteiger partial charge in [0, 0.05) is 12.5 Å². The lowest BCUT2D eigenvalue weighted by Gasteiger charge is -2.17. The molecule has 8 nitrogen and oxygen atoms in total. The van der Waals surface area contributed by atoms with E-state index in [0.717, 1.165) is 22.3 Å². The van der Waals surface area contributed by atoms with Gasteiger partial charge < -0.3 is 24.9 Å². The standard InChI is InChI=1S/C24H22N2O6/c27-22(21-10-5-13-31-21)25-12-11-20(23(28)29)26-24(30)32-14-19-17-8-3-1-6-15(17)16-7-2-4-9-18(16)19/h1-10,13,19-20H,11-12,14H2,(H,25,27)(H,26,30)(H,28,29)/t20-/m0/s1. The molecule has 1 aliphatic carbocycles. The number of rotatable bonds is 8. The second-order valence-electron chi connectivity index (χ2n) is 7.38. The van der Waals surface area contributed by atoms with E-state index in [9.17, 15) is 19.5 Å². The van der Waals surface area contributed by atoms with Crippen LogP contribution in [0.15, 0.2) is 71.3 Å². The molecule has 0 saturated carbocycles. The Morgan fingerprint density at radius 2 is 1.62 bits per heavy atom. The summed E-state index contributed by atoms with van der Waals surface area (Å²) in [5.41, 5.74) is 4.34. The molecule has 1 aromatic heterocycles. The Morgan fingerprint density at radius 3 is 2.22 bits per heavy atom. The zero-order valence-corrected chi connectivity index (χ0v) is 17.1. The third-order valence-electron chi connectivity index (χ3n) is 5.40. The van der Waals surface area contributed by atoms with Crippen molar-refractivity contribution in [2.45, 2.75) is 18.4 Å². The highest BCUT2D eigenvalue weighted by atomic mass is 16.5. The molecule has 164 valence electrons. The number of carbonyl (C=O) groups is 3. The Bertz CT molecular complexity index is 1080. The van der Waals surface area contributed by atoms with Gasteiger partial charge in [-0.3, -0.25) is 4.79 Å². The fourth-order valence-corrected chi connectivity index (χ4v) is 3.86. The summed E-state index contributed by atoms with van der Waals surface area (Å²) in [6, 6.07) is 17.8. The van der Waals surface area contributed by atoms with E-state index in [1.165, 1.54) is 12.3 Å². The summed E-state index contributed by atoms with van der Waals surface area (Å²) in [4.78, 5) is 35.7. The average Bonchev–Trinajstić information content (AvgIpc) is 3.44. The molecule has 0 spiro atoms. The van der Waals surface area contributed by atoms with Crippen LogP contribution < -0.4 is 10.6 Å². The Balaban J connectivity index is 1.32. The van der Waals surface area contributed by atoms with Gasteiger partial charge in [-0.1, -0.05) is 48.5 Å². The summed E-state index contributed by atoms with van der Waals surface area (Å²) in [6.07, 6.45) is 0.538. The topological polar surface area (TPSA) is 118 Å². The number of hydrogen-bond acceptors (Lipinski definition) is 5. The van der Waals surface area contributed by atoms with E-state index >= 15 is 0 Å². The smallest absolute Gasteiger partial charge is 0.407 e. The molecule has 0 radical (unpaired) electrons. The zero-order chi connectivity index (χ0) is 22.5. The second-order valence-corrected chi connectivity index (χ2v) is 7.38. The minimum absolute atomic E-state index is 0.00796. The van der Waals surface area contributed by atoms with Crippen molar-refractivity contribution in [1.82, 2.24) is 10.6 Å². The van der Waals surface area contributed by atoms with Crippen LogP contribution in [-0.2, 0) is 9.53 Å². The monoisotopic (exact) mass is 434 g/mol. The van der Waals surface area contributed by atoms with Crippen molar-refractivity contribution in [1.29, 1.82) is 0 Å². The van der Waals surface area contributed by atoms with Gasteiger partial charge in [0.25, 0.3) is 5.91 Å². The van der Waals surface area contributed by atoms with E-state index in [1.54, 1.807) is 6.07 Å². The predicted molar refractivity (Wildman–Crippen MR) is 115 cm³/mol. The number of amides is 2. The molecule has 1 atom stereocenters. The summed E-state index contributed by atoms with van der Waals surface area (Å²) >= 11 is 0. The van der Waals surface area contributed by atoms with Crippen LogP contribution in [0.1, 0.15) is 34.0 Å². The maximum absolute atomic E-state index is 12.3. The first-order valence-corrected chi connectivity index (χ1v) is 10.2. The Labute approximate surface area is 184 Å². The highest BCUT2D eigenvalue weighted by Gasteiger charge is 2.29. The maximum Gasteiger partial charge on any atom is 0.407 e. The van der Waals surface area contributed by atoms with Crippen LogP contribution in [0, 0.1) is 0 Å². The van der Waals surface area contributed by atoms with Gasteiger partial charge in [0.05, 0.1) is 6.26 Å². The molecular weight excluding hydrogens is 412 g/mol. The molecule has 0 unspecified atom stereocenters. The first kappa shape index (κ1) is 21.2. The molecule has 8 heteroatoms. The van der Waals surface area contributed by atoms with Gasteiger partial charge in [0.15, 0.2) is 5.76 Å². The van der Waals surface area contributed by atoms with E-state index in [0.29, 0.717) is 0 Å². The van der Waals surface area contributed by atoms with E-state index in [2.05, 4.69) is 10.6 Å². The molecule has 3 aromatic rings. The highest BCUT2D eigenvalue weighted by molar-refractivity contribution is 5.91. The van der Waals surface area contributed by atoms with Gasteiger partial charge in [0.1, 0.15) is 12.6 Å². The van der Waals surface area contributed by atoms with Crippen LogP contribution in [0.2, 0.25) is 0 Å². The van der Waals surface area contributed by atoms with E-state index in [1.807, 2.05) is 48.5 Å².